The first kappa shape index (κ1) is 15.7. The molecule has 0 bridgehead atoms. The molecule has 0 aliphatic heterocycles. The van der Waals surface area contributed by atoms with Gasteiger partial charge in [-0.05, 0) is 37.5 Å². The van der Waals surface area contributed by atoms with Gasteiger partial charge in [-0.25, -0.2) is 4.79 Å². The molecule has 0 heterocycles. The summed E-state index contributed by atoms with van der Waals surface area (Å²) in [4.78, 5) is 11.8. The smallest absolute Gasteiger partial charge is 0.335 e. The number of amides is 2. The molecule has 1 fully saturated rings. The minimum Gasteiger partial charge on any atom is -0.335 e. The average Bonchev–Trinajstić information content (AvgIpc) is 2.90. The number of alkyl halides is 3. The first-order valence-electron chi connectivity index (χ1n) is 7.10. The molecule has 1 aromatic carbocycles. The van der Waals surface area contributed by atoms with Gasteiger partial charge in [0.15, 0.2) is 0 Å². The van der Waals surface area contributed by atoms with E-state index in [1.807, 2.05) is 0 Å². The second kappa shape index (κ2) is 6.37. The molecule has 1 aromatic rings. The summed E-state index contributed by atoms with van der Waals surface area (Å²) in [6.45, 7) is 1.67. The van der Waals surface area contributed by atoms with Crippen LogP contribution in [0.3, 0.4) is 0 Å². The van der Waals surface area contributed by atoms with E-state index in [9.17, 15) is 18.0 Å². The van der Waals surface area contributed by atoms with E-state index in [0.717, 1.165) is 37.8 Å². The maximum Gasteiger partial charge on any atom is 0.416 e. The Morgan fingerprint density at radius 1 is 1.29 bits per heavy atom. The van der Waals surface area contributed by atoms with Crippen LogP contribution in [0.1, 0.15) is 49.8 Å². The number of halogens is 3. The van der Waals surface area contributed by atoms with Gasteiger partial charge in [0.2, 0.25) is 0 Å². The topological polar surface area (TPSA) is 41.1 Å². The molecule has 1 saturated carbocycles. The number of carbonyl (C=O) groups is 1. The summed E-state index contributed by atoms with van der Waals surface area (Å²) in [5.74, 6) is 0. The third kappa shape index (κ3) is 4.37. The molecule has 1 atom stereocenters. The van der Waals surface area contributed by atoms with Crippen LogP contribution in [0.2, 0.25) is 0 Å². The standard InChI is InChI=1S/C15H19F3N2O/c1-10(19-14(21)20-13-7-2-3-8-13)11-5-4-6-12(9-11)15(16,17)18/h4-6,9-10,13H,2-3,7-8H2,1H3,(H2,19,20,21). The predicted molar refractivity (Wildman–Crippen MR) is 73.8 cm³/mol. The van der Waals surface area contributed by atoms with Crippen molar-refractivity contribution in [2.45, 2.75) is 50.9 Å². The fraction of sp³-hybridized carbons (Fsp3) is 0.533. The van der Waals surface area contributed by atoms with Gasteiger partial charge >= 0.3 is 12.2 Å². The molecule has 2 rings (SSSR count). The molecule has 0 aromatic heterocycles. The summed E-state index contributed by atoms with van der Waals surface area (Å²) < 4.78 is 38.0. The quantitative estimate of drug-likeness (QED) is 0.870. The van der Waals surface area contributed by atoms with Crippen molar-refractivity contribution in [3.05, 3.63) is 35.4 Å². The second-order valence-corrected chi connectivity index (χ2v) is 5.44. The van der Waals surface area contributed by atoms with Gasteiger partial charge in [0.25, 0.3) is 0 Å². The molecule has 2 N–H and O–H groups in total. The summed E-state index contributed by atoms with van der Waals surface area (Å²) in [7, 11) is 0. The van der Waals surface area contributed by atoms with Gasteiger partial charge in [0.05, 0.1) is 11.6 Å². The van der Waals surface area contributed by atoms with Gasteiger partial charge in [-0.1, -0.05) is 25.0 Å². The van der Waals surface area contributed by atoms with Gasteiger partial charge in [0, 0.05) is 6.04 Å². The summed E-state index contributed by atoms with van der Waals surface area (Å²) in [6.07, 6.45) is -0.235. The van der Waals surface area contributed by atoms with E-state index >= 15 is 0 Å². The molecule has 1 aliphatic rings. The Bertz CT molecular complexity index is 496. The van der Waals surface area contributed by atoms with E-state index in [4.69, 9.17) is 0 Å². The maximum absolute atomic E-state index is 12.7. The van der Waals surface area contributed by atoms with E-state index in [1.165, 1.54) is 6.07 Å². The molecular weight excluding hydrogens is 281 g/mol. The van der Waals surface area contributed by atoms with Crippen molar-refractivity contribution in [3.8, 4) is 0 Å². The SMILES string of the molecule is CC(NC(=O)NC1CCCC1)c1cccc(C(F)(F)F)c1. The largest absolute Gasteiger partial charge is 0.416 e. The molecule has 116 valence electrons. The monoisotopic (exact) mass is 300 g/mol. The molecule has 2 amide bonds. The fourth-order valence-electron chi connectivity index (χ4n) is 2.56. The predicted octanol–water partition coefficient (Wildman–Crippen LogP) is 4.01. The molecule has 1 aliphatic carbocycles. The van der Waals surface area contributed by atoms with E-state index < -0.39 is 17.8 Å². The van der Waals surface area contributed by atoms with Crippen molar-refractivity contribution >= 4 is 6.03 Å². The minimum absolute atomic E-state index is 0.179. The van der Waals surface area contributed by atoms with E-state index in [0.29, 0.717) is 5.56 Å². The summed E-state index contributed by atoms with van der Waals surface area (Å²) in [6, 6.07) is 4.40. The van der Waals surface area contributed by atoms with Gasteiger partial charge in [-0.15, -0.1) is 0 Å². The van der Waals surface area contributed by atoms with Crippen molar-refractivity contribution < 1.29 is 18.0 Å². The van der Waals surface area contributed by atoms with Crippen molar-refractivity contribution in [3.63, 3.8) is 0 Å². The Kier molecular flexibility index (Phi) is 4.75. The molecule has 21 heavy (non-hydrogen) atoms. The van der Waals surface area contributed by atoms with E-state index in [1.54, 1.807) is 13.0 Å². The van der Waals surface area contributed by atoms with Crippen molar-refractivity contribution in [2.75, 3.05) is 0 Å². The highest BCUT2D eigenvalue weighted by Crippen LogP contribution is 2.30. The number of benzene rings is 1. The zero-order valence-electron chi connectivity index (χ0n) is 11.8. The lowest BCUT2D eigenvalue weighted by molar-refractivity contribution is -0.137. The van der Waals surface area contributed by atoms with Crippen LogP contribution < -0.4 is 10.6 Å². The van der Waals surface area contributed by atoms with Gasteiger partial charge in [0.1, 0.15) is 0 Å². The summed E-state index contributed by atoms with van der Waals surface area (Å²) in [5.41, 5.74) is -0.267. The Labute approximate surface area is 121 Å². The zero-order valence-corrected chi connectivity index (χ0v) is 11.8. The number of nitrogens with one attached hydrogen (secondary N) is 2. The lowest BCUT2D eigenvalue weighted by Gasteiger charge is -2.18. The van der Waals surface area contributed by atoms with Crippen LogP contribution in [0, 0.1) is 0 Å². The third-order valence-corrected chi connectivity index (χ3v) is 3.75. The number of hydrogen-bond acceptors (Lipinski definition) is 1. The molecule has 0 radical (unpaired) electrons. The molecular formula is C15H19F3N2O. The highest BCUT2D eigenvalue weighted by Gasteiger charge is 2.30. The maximum atomic E-state index is 12.7. The summed E-state index contributed by atoms with van der Waals surface area (Å²) >= 11 is 0. The second-order valence-electron chi connectivity index (χ2n) is 5.44. The Hall–Kier alpha value is -1.72. The Morgan fingerprint density at radius 2 is 1.95 bits per heavy atom. The first-order chi connectivity index (χ1) is 9.86. The van der Waals surface area contributed by atoms with Crippen LogP contribution in [0.15, 0.2) is 24.3 Å². The lowest BCUT2D eigenvalue weighted by atomic mass is 10.1. The molecule has 1 unspecified atom stereocenters. The fourth-order valence-corrected chi connectivity index (χ4v) is 2.56. The van der Waals surface area contributed by atoms with Crippen LogP contribution in [-0.2, 0) is 6.18 Å². The number of urea groups is 1. The van der Waals surface area contributed by atoms with E-state index in [-0.39, 0.29) is 12.1 Å². The number of rotatable bonds is 3. The normalized spacial score (nSPS) is 17.5. The van der Waals surface area contributed by atoms with Crippen molar-refractivity contribution in [1.29, 1.82) is 0 Å². The number of hydrogen-bond donors (Lipinski definition) is 2. The van der Waals surface area contributed by atoms with Crippen molar-refractivity contribution in [1.82, 2.24) is 10.6 Å². The van der Waals surface area contributed by atoms with Crippen LogP contribution in [0.25, 0.3) is 0 Å². The lowest BCUT2D eigenvalue weighted by Crippen LogP contribution is -2.41. The highest BCUT2D eigenvalue weighted by molar-refractivity contribution is 5.74. The van der Waals surface area contributed by atoms with Gasteiger partial charge in [-0.2, -0.15) is 13.2 Å². The summed E-state index contributed by atoms with van der Waals surface area (Å²) in [5, 5.41) is 5.54. The van der Waals surface area contributed by atoms with Crippen molar-refractivity contribution in [2.24, 2.45) is 0 Å². The zero-order chi connectivity index (χ0) is 15.5. The number of carbonyl (C=O) groups excluding carboxylic acids is 1. The molecule has 3 nitrogen and oxygen atoms in total. The average molecular weight is 300 g/mol. The van der Waals surface area contributed by atoms with Crippen LogP contribution in [0.4, 0.5) is 18.0 Å². The first-order valence-corrected chi connectivity index (χ1v) is 7.10. The van der Waals surface area contributed by atoms with Crippen LogP contribution in [-0.4, -0.2) is 12.1 Å². The van der Waals surface area contributed by atoms with E-state index in [2.05, 4.69) is 10.6 Å². The van der Waals surface area contributed by atoms with Crippen LogP contribution in [0.5, 0.6) is 0 Å². The minimum atomic E-state index is -4.37. The Balaban J connectivity index is 1.96. The van der Waals surface area contributed by atoms with Crippen LogP contribution >= 0.6 is 0 Å². The van der Waals surface area contributed by atoms with Gasteiger partial charge in [-0.3, -0.25) is 0 Å². The molecule has 0 saturated heterocycles. The Morgan fingerprint density at radius 3 is 2.57 bits per heavy atom. The van der Waals surface area contributed by atoms with Gasteiger partial charge < -0.3 is 10.6 Å². The molecule has 0 spiro atoms. The third-order valence-electron chi connectivity index (χ3n) is 3.75. The highest BCUT2D eigenvalue weighted by atomic mass is 19.4. The molecule has 6 heteroatoms.